The molecule has 0 spiro atoms. The van der Waals surface area contributed by atoms with Crippen LogP contribution < -0.4 is 5.32 Å². The fourth-order valence-corrected chi connectivity index (χ4v) is 3.62. The molecule has 2 aliphatic rings. The minimum absolute atomic E-state index is 0.0720. The molecular weight excluding hydrogens is 367 g/mol. The van der Waals surface area contributed by atoms with E-state index in [0.717, 1.165) is 5.56 Å². The number of nitrogens with zero attached hydrogens (tertiary/aromatic N) is 1. The lowest BCUT2D eigenvalue weighted by molar-refractivity contribution is -0.138. The summed E-state index contributed by atoms with van der Waals surface area (Å²) in [6.07, 6.45) is -2.71. The van der Waals surface area contributed by atoms with Crippen LogP contribution in [0.2, 0.25) is 0 Å². The molecule has 1 aromatic rings. The van der Waals surface area contributed by atoms with Gasteiger partial charge in [-0.05, 0) is 17.9 Å². The van der Waals surface area contributed by atoms with E-state index in [1.807, 2.05) is 44.2 Å². The third-order valence-electron chi connectivity index (χ3n) is 4.92. The van der Waals surface area contributed by atoms with E-state index in [2.05, 4.69) is 5.32 Å². The number of ether oxygens (including phenoxy) is 2. The Labute approximate surface area is 163 Å². The van der Waals surface area contributed by atoms with Gasteiger partial charge in [0.15, 0.2) is 5.78 Å². The molecule has 0 aliphatic carbocycles. The summed E-state index contributed by atoms with van der Waals surface area (Å²) in [7, 11) is 0. The number of alkyl carbamates (subject to hydrolysis) is 1. The monoisotopic (exact) mass is 392 g/mol. The van der Waals surface area contributed by atoms with Gasteiger partial charge in [0.1, 0.15) is 37.6 Å². The van der Waals surface area contributed by atoms with E-state index in [4.69, 9.17) is 9.47 Å². The first-order valence-electron chi connectivity index (χ1n) is 9.43. The zero-order valence-electron chi connectivity index (χ0n) is 16.0. The number of hydrogen-bond donors (Lipinski definition) is 1. The predicted octanol–water partition coefficient (Wildman–Crippen LogP) is 1.84. The van der Waals surface area contributed by atoms with E-state index in [-0.39, 0.29) is 31.5 Å². The molecule has 0 saturated carbocycles. The Morgan fingerprint density at radius 1 is 1.32 bits per heavy atom. The summed E-state index contributed by atoms with van der Waals surface area (Å²) in [5, 5.41) is 2.58. The molecule has 152 valence electrons. The van der Waals surface area contributed by atoms with Crippen LogP contribution in [0.3, 0.4) is 0 Å². The van der Waals surface area contributed by atoms with Gasteiger partial charge in [-0.25, -0.2) is 9.18 Å². The van der Waals surface area contributed by atoms with E-state index in [1.54, 1.807) is 0 Å². The first kappa shape index (κ1) is 20.3. The van der Waals surface area contributed by atoms with Gasteiger partial charge in [-0.1, -0.05) is 44.2 Å². The average molecular weight is 392 g/mol. The second kappa shape index (κ2) is 8.68. The van der Waals surface area contributed by atoms with Crippen molar-refractivity contribution in [2.75, 3.05) is 13.2 Å². The third-order valence-corrected chi connectivity index (χ3v) is 4.92. The fourth-order valence-electron chi connectivity index (χ4n) is 3.62. The lowest BCUT2D eigenvalue weighted by Crippen LogP contribution is -2.52. The number of Topliss-reactive ketones (excluding diaryl/α,β-unsaturated/α-hetero) is 1. The lowest BCUT2D eigenvalue weighted by atomic mass is 10.0. The molecule has 1 aromatic carbocycles. The summed E-state index contributed by atoms with van der Waals surface area (Å²) >= 11 is 0. The number of likely N-dealkylation sites (tertiary alicyclic amines) is 1. The molecule has 8 heteroatoms. The fraction of sp³-hybridized carbons (Fsp3) is 0.550. The van der Waals surface area contributed by atoms with Crippen molar-refractivity contribution >= 4 is 17.8 Å². The summed E-state index contributed by atoms with van der Waals surface area (Å²) < 4.78 is 24.6. The van der Waals surface area contributed by atoms with Gasteiger partial charge in [0, 0.05) is 0 Å². The molecule has 2 aliphatic heterocycles. The van der Waals surface area contributed by atoms with Crippen LogP contribution in [-0.4, -0.2) is 60.2 Å². The van der Waals surface area contributed by atoms with Crippen LogP contribution in [0.5, 0.6) is 0 Å². The maximum absolute atomic E-state index is 14.2. The van der Waals surface area contributed by atoms with Crippen LogP contribution in [0, 0.1) is 5.92 Å². The predicted molar refractivity (Wildman–Crippen MR) is 98.1 cm³/mol. The van der Waals surface area contributed by atoms with E-state index < -0.39 is 36.4 Å². The summed E-state index contributed by atoms with van der Waals surface area (Å²) in [5.74, 6) is -0.703. The number of nitrogens with one attached hydrogen (secondary N) is 1. The van der Waals surface area contributed by atoms with Gasteiger partial charge >= 0.3 is 6.09 Å². The third kappa shape index (κ3) is 4.49. The summed E-state index contributed by atoms with van der Waals surface area (Å²) in [6, 6.07) is 7.35. The van der Waals surface area contributed by atoms with Crippen molar-refractivity contribution in [2.24, 2.45) is 5.92 Å². The van der Waals surface area contributed by atoms with Crippen molar-refractivity contribution in [1.82, 2.24) is 10.2 Å². The van der Waals surface area contributed by atoms with E-state index in [0.29, 0.717) is 6.42 Å². The summed E-state index contributed by atoms with van der Waals surface area (Å²) in [4.78, 5) is 38.5. The van der Waals surface area contributed by atoms with Crippen molar-refractivity contribution < 1.29 is 28.2 Å². The smallest absolute Gasteiger partial charge is 0.408 e. The summed E-state index contributed by atoms with van der Waals surface area (Å²) in [6.45, 7) is 3.48. The zero-order chi connectivity index (χ0) is 20.3. The minimum Gasteiger partial charge on any atom is -0.445 e. The standard InChI is InChI=1S/C20H25FN2O5/c1-12(2)8-15(22-20(26)28-10-13-6-4-3-5-7-13)19(25)23-9-14(21)18-17(23)16(24)11-27-18/h3-7,12,14-15,17-18H,8-11H2,1-2H3,(H,22,26). The maximum atomic E-state index is 14.2. The van der Waals surface area contributed by atoms with Crippen molar-refractivity contribution in [3.05, 3.63) is 35.9 Å². The highest BCUT2D eigenvalue weighted by molar-refractivity contribution is 5.95. The molecule has 2 saturated heterocycles. The number of carbonyl (C=O) groups is 3. The number of rotatable bonds is 6. The molecule has 2 amide bonds. The van der Waals surface area contributed by atoms with Crippen molar-refractivity contribution in [3.63, 3.8) is 0 Å². The Morgan fingerprint density at radius 2 is 2.04 bits per heavy atom. The SMILES string of the molecule is CC(C)CC(NC(=O)OCc1ccccc1)C(=O)N1CC(F)C2OCC(=O)C21. The van der Waals surface area contributed by atoms with Gasteiger partial charge in [0.2, 0.25) is 5.91 Å². The van der Waals surface area contributed by atoms with Crippen molar-refractivity contribution in [1.29, 1.82) is 0 Å². The number of carbonyl (C=O) groups excluding carboxylic acids is 3. The Morgan fingerprint density at radius 3 is 2.71 bits per heavy atom. The number of halogens is 1. The quantitative estimate of drug-likeness (QED) is 0.799. The van der Waals surface area contributed by atoms with Crippen LogP contribution in [0.4, 0.5) is 9.18 Å². The van der Waals surface area contributed by atoms with Crippen LogP contribution in [0.15, 0.2) is 30.3 Å². The van der Waals surface area contributed by atoms with E-state index in [1.165, 1.54) is 4.90 Å². The molecule has 3 rings (SSSR count). The average Bonchev–Trinajstić information content (AvgIpc) is 3.20. The lowest BCUT2D eigenvalue weighted by Gasteiger charge is -2.28. The second-order valence-electron chi connectivity index (χ2n) is 7.58. The van der Waals surface area contributed by atoms with E-state index in [9.17, 15) is 18.8 Å². The molecule has 0 aromatic heterocycles. The van der Waals surface area contributed by atoms with Crippen LogP contribution in [0.1, 0.15) is 25.8 Å². The second-order valence-corrected chi connectivity index (χ2v) is 7.58. The highest BCUT2D eigenvalue weighted by Crippen LogP contribution is 2.30. The molecule has 28 heavy (non-hydrogen) atoms. The molecule has 2 heterocycles. The Balaban J connectivity index is 1.65. The van der Waals surface area contributed by atoms with Crippen LogP contribution in [0.25, 0.3) is 0 Å². The molecule has 0 bridgehead atoms. The Hall–Kier alpha value is -2.48. The molecule has 4 atom stereocenters. The number of fused-ring (bicyclic) bond motifs is 1. The van der Waals surface area contributed by atoms with Gasteiger partial charge in [-0.3, -0.25) is 9.59 Å². The first-order chi connectivity index (χ1) is 13.4. The molecule has 4 unspecified atom stereocenters. The van der Waals surface area contributed by atoms with Gasteiger partial charge in [0.25, 0.3) is 0 Å². The number of ketones is 1. The Kier molecular flexibility index (Phi) is 6.28. The van der Waals surface area contributed by atoms with Gasteiger partial charge in [-0.15, -0.1) is 0 Å². The molecule has 2 fully saturated rings. The summed E-state index contributed by atoms with van der Waals surface area (Å²) in [5.41, 5.74) is 0.820. The number of amides is 2. The molecule has 1 N–H and O–H groups in total. The number of alkyl halides is 1. The molecular formula is C20H25FN2O5. The zero-order valence-corrected chi connectivity index (χ0v) is 16.0. The highest BCUT2D eigenvalue weighted by Gasteiger charge is 2.53. The van der Waals surface area contributed by atoms with Gasteiger partial charge in [0.05, 0.1) is 6.54 Å². The van der Waals surface area contributed by atoms with Gasteiger partial charge < -0.3 is 19.7 Å². The largest absolute Gasteiger partial charge is 0.445 e. The molecule has 0 radical (unpaired) electrons. The van der Waals surface area contributed by atoms with Crippen LogP contribution in [-0.2, 0) is 25.7 Å². The maximum Gasteiger partial charge on any atom is 0.408 e. The first-order valence-corrected chi connectivity index (χ1v) is 9.43. The Bertz CT molecular complexity index is 727. The number of hydrogen-bond acceptors (Lipinski definition) is 5. The normalized spacial score (nSPS) is 24.9. The topological polar surface area (TPSA) is 84.9 Å². The minimum atomic E-state index is -1.41. The molecule has 7 nitrogen and oxygen atoms in total. The number of benzene rings is 1. The van der Waals surface area contributed by atoms with Gasteiger partial charge in [-0.2, -0.15) is 0 Å². The highest BCUT2D eigenvalue weighted by atomic mass is 19.1. The van der Waals surface area contributed by atoms with Crippen molar-refractivity contribution in [3.8, 4) is 0 Å². The van der Waals surface area contributed by atoms with E-state index >= 15 is 0 Å². The van der Waals surface area contributed by atoms with Crippen LogP contribution >= 0.6 is 0 Å². The van der Waals surface area contributed by atoms with Crippen molar-refractivity contribution in [2.45, 2.75) is 51.2 Å².